The van der Waals surface area contributed by atoms with Crippen LogP contribution in [0.4, 0.5) is 0 Å². The third kappa shape index (κ3) is 3.67. The number of rotatable bonds is 6. The van der Waals surface area contributed by atoms with Crippen molar-refractivity contribution in [3.8, 4) is 5.75 Å². The van der Waals surface area contributed by atoms with Crippen molar-refractivity contribution in [2.75, 3.05) is 7.11 Å². The second-order valence-electron chi connectivity index (χ2n) is 8.09. The molecule has 3 heterocycles. The van der Waals surface area contributed by atoms with Crippen molar-refractivity contribution in [2.45, 2.75) is 64.3 Å². The van der Waals surface area contributed by atoms with Gasteiger partial charge in [0.15, 0.2) is 6.29 Å². The zero-order valence-electron chi connectivity index (χ0n) is 18.0. The van der Waals surface area contributed by atoms with Gasteiger partial charge in [0.2, 0.25) is 0 Å². The number of hydrogen-bond acceptors (Lipinski definition) is 7. The van der Waals surface area contributed by atoms with E-state index in [9.17, 15) is 15.0 Å². The summed E-state index contributed by atoms with van der Waals surface area (Å²) in [7, 11) is 1.50. The Kier molecular flexibility index (Phi) is 6.38. The van der Waals surface area contributed by atoms with Gasteiger partial charge in [-0.3, -0.25) is 0 Å². The topological polar surface area (TPSA) is 98.4 Å². The molecular weight excluding hydrogens is 388 g/mol. The molecule has 7 heteroatoms. The lowest BCUT2D eigenvalue weighted by molar-refractivity contribution is -0.144. The predicted octanol–water partition coefficient (Wildman–Crippen LogP) is 2.73. The van der Waals surface area contributed by atoms with Crippen LogP contribution < -0.4 is 10.4 Å². The summed E-state index contributed by atoms with van der Waals surface area (Å²) in [4.78, 5) is 11.6. The highest BCUT2D eigenvalue weighted by Crippen LogP contribution is 2.55. The van der Waals surface area contributed by atoms with Gasteiger partial charge in [0.25, 0.3) is 0 Å². The molecule has 0 aliphatic carbocycles. The summed E-state index contributed by atoms with van der Waals surface area (Å²) in [6, 6.07) is 1.30. The summed E-state index contributed by atoms with van der Waals surface area (Å²) in [5, 5.41) is 21.8. The fraction of sp³-hybridized carbons (Fsp3) is 0.522. The lowest BCUT2D eigenvalue weighted by atomic mass is 9.69. The van der Waals surface area contributed by atoms with Crippen LogP contribution in [0.5, 0.6) is 5.75 Å². The molecule has 2 aliphatic heterocycles. The fourth-order valence-corrected chi connectivity index (χ4v) is 4.19. The summed E-state index contributed by atoms with van der Waals surface area (Å²) in [5.74, 6) is 0.901. The number of allylic oxidation sites excluding steroid dienone is 4. The van der Waals surface area contributed by atoms with Crippen LogP contribution in [0.1, 0.15) is 38.5 Å². The largest absolute Gasteiger partial charge is 0.496 e. The van der Waals surface area contributed by atoms with Crippen molar-refractivity contribution in [3.05, 3.63) is 58.2 Å². The number of aliphatic hydroxyl groups excluding tert-OH is 1. The second kappa shape index (κ2) is 8.51. The van der Waals surface area contributed by atoms with E-state index in [0.29, 0.717) is 17.9 Å². The maximum absolute atomic E-state index is 11.6. The second-order valence-corrected chi connectivity index (χ2v) is 8.09. The zero-order chi connectivity index (χ0) is 22.1. The summed E-state index contributed by atoms with van der Waals surface area (Å²) in [6.45, 7) is 7.24. The molecule has 1 aromatic heterocycles. The van der Waals surface area contributed by atoms with Gasteiger partial charge < -0.3 is 28.8 Å². The Balaban J connectivity index is 1.65. The molecule has 0 aromatic carbocycles. The van der Waals surface area contributed by atoms with E-state index in [4.69, 9.17) is 18.6 Å². The average molecular weight is 418 g/mol. The van der Waals surface area contributed by atoms with E-state index in [1.54, 1.807) is 57.2 Å². The molecule has 2 N–H and O–H groups in total. The number of ether oxygens (including phenoxy) is 3. The van der Waals surface area contributed by atoms with E-state index < -0.39 is 35.1 Å². The summed E-state index contributed by atoms with van der Waals surface area (Å²) in [5.41, 5.74) is -1.84. The molecule has 0 unspecified atom stereocenters. The highest BCUT2D eigenvalue weighted by Gasteiger charge is 2.69. The van der Waals surface area contributed by atoms with Crippen LogP contribution in [-0.2, 0) is 9.47 Å². The van der Waals surface area contributed by atoms with Crippen LogP contribution in [0.2, 0.25) is 0 Å². The minimum Gasteiger partial charge on any atom is -0.496 e. The van der Waals surface area contributed by atoms with Gasteiger partial charge in [-0.1, -0.05) is 37.3 Å². The summed E-state index contributed by atoms with van der Waals surface area (Å²) < 4.78 is 22.0. The minimum atomic E-state index is -1.19. The average Bonchev–Trinajstić information content (AvgIpc) is 3.07. The van der Waals surface area contributed by atoms with Gasteiger partial charge in [0.1, 0.15) is 23.2 Å². The van der Waals surface area contributed by atoms with Gasteiger partial charge in [-0.2, -0.15) is 0 Å². The Bertz CT molecular complexity index is 911. The Hall–Kier alpha value is -2.19. The lowest BCUT2D eigenvalue weighted by Gasteiger charge is -2.38. The van der Waals surface area contributed by atoms with Crippen LogP contribution in [0.3, 0.4) is 0 Å². The van der Waals surface area contributed by atoms with Crippen molar-refractivity contribution in [1.29, 1.82) is 0 Å². The van der Waals surface area contributed by atoms with Gasteiger partial charge in [0, 0.05) is 5.56 Å². The SMILES string of the molecule is CC[C@H]1O[C@H]2O[C@H](/C=C/C=C/C=C/c3oc(=O)cc(OC)c3C)[C@H](O)[C@]2(C)[C@@]1(C)O. The van der Waals surface area contributed by atoms with E-state index >= 15 is 0 Å². The molecule has 30 heavy (non-hydrogen) atoms. The van der Waals surface area contributed by atoms with Crippen LogP contribution in [0.25, 0.3) is 6.08 Å². The van der Waals surface area contributed by atoms with Crippen molar-refractivity contribution >= 4 is 6.08 Å². The lowest BCUT2D eigenvalue weighted by Crippen LogP contribution is -2.54. The Morgan fingerprint density at radius 3 is 2.53 bits per heavy atom. The van der Waals surface area contributed by atoms with Crippen molar-refractivity contribution in [3.63, 3.8) is 0 Å². The highest BCUT2D eigenvalue weighted by molar-refractivity contribution is 5.52. The van der Waals surface area contributed by atoms with Crippen LogP contribution in [0, 0.1) is 12.3 Å². The number of fused-ring (bicyclic) bond motifs is 1. The standard InChI is InChI=1S/C23H30O7/c1-6-18-23(4,26)22(3)20(25)16(29-21(22)30-18)12-10-8-7-9-11-15-14(2)17(27-5)13-19(24)28-15/h7-13,16,18,20-21,25-26H,6H2,1-5H3/b8-7+,11-9+,12-10+/t16-,18-,20+,21-,22+,23+/m1/s1. The maximum Gasteiger partial charge on any atom is 0.339 e. The molecule has 2 saturated heterocycles. The molecule has 1 aromatic rings. The molecule has 0 amide bonds. The van der Waals surface area contributed by atoms with Gasteiger partial charge in [-0.05, 0) is 33.3 Å². The van der Waals surface area contributed by atoms with Crippen LogP contribution in [-0.4, -0.2) is 47.5 Å². The van der Waals surface area contributed by atoms with Crippen molar-refractivity contribution in [2.24, 2.45) is 5.41 Å². The van der Waals surface area contributed by atoms with Crippen LogP contribution >= 0.6 is 0 Å². The van der Waals surface area contributed by atoms with Gasteiger partial charge in [0.05, 0.1) is 30.8 Å². The molecule has 2 fully saturated rings. The monoisotopic (exact) mass is 418 g/mol. The first-order valence-electron chi connectivity index (χ1n) is 10.1. The zero-order valence-corrected chi connectivity index (χ0v) is 18.0. The molecule has 164 valence electrons. The van der Waals surface area contributed by atoms with Crippen LogP contribution in [0.15, 0.2) is 45.7 Å². The number of hydrogen-bond donors (Lipinski definition) is 2. The molecule has 0 radical (unpaired) electrons. The van der Waals surface area contributed by atoms with Crippen molar-refractivity contribution < 1.29 is 28.8 Å². The Morgan fingerprint density at radius 1 is 1.20 bits per heavy atom. The normalized spacial score (nSPS) is 36.4. The molecule has 2 aliphatic rings. The van der Waals surface area contributed by atoms with Gasteiger partial charge in [-0.25, -0.2) is 4.79 Å². The first kappa shape index (κ1) is 22.5. The van der Waals surface area contributed by atoms with Gasteiger partial charge >= 0.3 is 5.63 Å². The quantitative estimate of drug-likeness (QED) is 0.686. The van der Waals surface area contributed by atoms with E-state index in [2.05, 4.69) is 0 Å². The first-order chi connectivity index (χ1) is 14.2. The molecule has 0 spiro atoms. The van der Waals surface area contributed by atoms with Gasteiger partial charge in [-0.15, -0.1) is 0 Å². The Labute approximate surface area is 176 Å². The van der Waals surface area contributed by atoms with E-state index in [-0.39, 0.29) is 6.10 Å². The molecule has 7 nitrogen and oxygen atoms in total. The predicted molar refractivity (Wildman–Crippen MR) is 112 cm³/mol. The van der Waals surface area contributed by atoms with Crippen molar-refractivity contribution in [1.82, 2.24) is 0 Å². The first-order valence-corrected chi connectivity index (χ1v) is 10.1. The summed E-state index contributed by atoms with van der Waals surface area (Å²) >= 11 is 0. The third-order valence-electron chi connectivity index (χ3n) is 6.37. The molecule has 6 atom stereocenters. The van der Waals surface area contributed by atoms with E-state index in [1.165, 1.54) is 13.2 Å². The Morgan fingerprint density at radius 2 is 1.90 bits per heavy atom. The molecule has 0 saturated carbocycles. The minimum absolute atomic E-state index is 0.378. The third-order valence-corrected chi connectivity index (χ3v) is 6.37. The molecule has 0 bridgehead atoms. The van der Waals surface area contributed by atoms with E-state index in [1.807, 2.05) is 6.92 Å². The maximum atomic E-state index is 11.6. The molecule has 3 rings (SSSR count). The fourth-order valence-electron chi connectivity index (χ4n) is 4.19. The smallest absolute Gasteiger partial charge is 0.339 e. The summed E-state index contributed by atoms with van der Waals surface area (Å²) in [6.07, 6.45) is 8.53. The molecular formula is C23H30O7. The van der Waals surface area contributed by atoms with E-state index in [0.717, 1.165) is 5.56 Å². The number of methoxy groups -OCH3 is 1. The highest BCUT2D eigenvalue weighted by atomic mass is 16.7. The number of aliphatic hydroxyl groups is 2.